The van der Waals surface area contributed by atoms with Crippen molar-refractivity contribution in [1.29, 1.82) is 0 Å². The summed E-state index contributed by atoms with van der Waals surface area (Å²) in [6.45, 7) is 6.49. The molecule has 4 aromatic rings. The minimum Gasteiger partial charge on any atom is -0.378 e. The normalized spacial score (nSPS) is 13.6. The maximum atomic E-state index is 14.5. The summed E-state index contributed by atoms with van der Waals surface area (Å²) >= 11 is 0. The van der Waals surface area contributed by atoms with E-state index in [0.29, 0.717) is 30.2 Å². The second-order valence-corrected chi connectivity index (χ2v) is 7.68. The van der Waals surface area contributed by atoms with E-state index in [1.54, 1.807) is 24.3 Å². The fourth-order valence-corrected chi connectivity index (χ4v) is 3.83. The molecular formula is C24H22FN7O2. The number of nitrogens with zero attached hydrogens (tertiary/aromatic N) is 4. The van der Waals surface area contributed by atoms with Gasteiger partial charge in [-0.1, -0.05) is 24.8 Å². The van der Waals surface area contributed by atoms with Crippen molar-refractivity contribution in [3.8, 4) is 11.3 Å². The lowest BCUT2D eigenvalue weighted by molar-refractivity contribution is -0.111. The lowest BCUT2D eigenvalue weighted by Gasteiger charge is -2.29. The van der Waals surface area contributed by atoms with Crippen LogP contribution in [0.1, 0.15) is 0 Å². The van der Waals surface area contributed by atoms with Crippen LogP contribution in [0.25, 0.3) is 22.3 Å². The first-order valence-corrected chi connectivity index (χ1v) is 10.8. The number of morpholine rings is 1. The first-order valence-electron chi connectivity index (χ1n) is 10.8. The SMILES string of the molecule is C=CC(=O)Nc1cccc(-c2nc(Nc3cccc(N4CCOCC4)c3)nc3[nH]nc(F)c23)c1. The molecular weight excluding hydrogens is 437 g/mol. The third kappa shape index (κ3) is 4.44. The van der Waals surface area contributed by atoms with Crippen molar-refractivity contribution in [2.45, 2.75) is 0 Å². The highest BCUT2D eigenvalue weighted by molar-refractivity contribution is 6.00. The van der Waals surface area contributed by atoms with Crippen LogP contribution in [0.15, 0.2) is 61.2 Å². The predicted octanol–water partition coefficient (Wildman–Crippen LogP) is 3.86. The number of rotatable bonds is 6. The summed E-state index contributed by atoms with van der Waals surface area (Å²) in [6.07, 6.45) is 1.18. The summed E-state index contributed by atoms with van der Waals surface area (Å²) in [7, 11) is 0. The zero-order chi connectivity index (χ0) is 23.5. The molecule has 1 aliphatic rings. The molecule has 0 bridgehead atoms. The Morgan fingerprint density at radius 3 is 2.74 bits per heavy atom. The van der Waals surface area contributed by atoms with E-state index in [1.807, 2.05) is 24.3 Å². The molecule has 1 fully saturated rings. The average molecular weight is 459 g/mol. The highest BCUT2D eigenvalue weighted by atomic mass is 19.1. The number of aromatic amines is 1. The molecule has 34 heavy (non-hydrogen) atoms. The number of carbonyl (C=O) groups excluding carboxylic acids is 1. The fraction of sp³-hybridized carbons (Fsp3) is 0.167. The Morgan fingerprint density at radius 2 is 1.91 bits per heavy atom. The standard InChI is InChI=1S/C24H22FN7O2/c1-2-19(33)26-16-6-3-5-15(13-16)21-20-22(25)30-31-23(20)29-24(28-21)27-17-7-4-8-18(14-17)32-9-11-34-12-10-32/h2-8,13-14H,1,9-12H2,(H,26,33)(H2,27,28,29,30,31). The average Bonchev–Trinajstić information content (AvgIpc) is 3.25. The van der Waals surface area contributed by atoms with E-state index in [4.69, 9.17) is 4.74 Å². The molecule has 0 unspecified atom stereocenters. The molecule has 2 aromatic carbocycles. The molecule has 1 amide bonds. The highest BCUT2D eigenvalue weighted by Crippen LogP contribution is 2.31. The number of hydrogen-bond acceptors (Lipinski definition) is 7. The van der Waals surface area contributed by atoms with Crippen molar-refractivity contribution in [3.05, 3.63) is 67.1 Å². The summed E-state index contributed by atoms with van der Waals surface area (Å²) in [5, 5.41) is 12.4. The van der Waals surface area contributed by atoms with Crippen LogP contribution >= 0.6 is 0 Å². The second-order valence-electron chi connectivity index (χ2n) is 7.68. The summed E-state index contributed by atoms with van der Waals surface area (Å²) in [6, 6.07) is 14.9. The second kappa shape index (κ2) is 9.28. The van der Waals surface area contributed by atoms with Gasteiger partial charge in [-0.05, 0) is 36.4 Å². The Labute approximate surface area is 194 Å². The molecule has 172 valence electrons. The Balaban J connectivity index is 1.50. The van der Waals surface area contributed by atoms with Gasteiger partial charge in [-0.15, -0.1) is 5.10 Å². The predicted molar refractivity (Wildman–Crippen MR) is 129 cm³/mol. The van der Waals surface area contributed by atoms with E-state index in [1.165, 1.54) is 6.08 Å². The van der Waals surface area contributed by atoms with Crippen LogP contribution in [0.4, 0.5) is 27.4 Å². The van der Waals surface area contributed by atoms with Crippen molar-refractivity contribution in [3.63, 3.8) is 0 Å². The molecule has 0 radical (unpaired) electrons. The van der Waals surface area contributed by atoms with Crippen LogP contribution < -0.4 is 15.5 Å². The van der Waals surface area contributed by atoms with Crippen molar-refractivity contribution >= 4 is 40.0 Å². The molecule has 0 atom stereocenters. The van der Waals surface area contributed by atoms with Crippen LogP contribution in [0, 0.1) is 5.95 Å². The molecule has 0 spiro atoms. The first kappa shape index (κ1) is 21.5. The van der Waals surface area contributed by atoms with E-state index < -0.39 is 5.95 Å². The van der Waals surface area contributed by atoms with Gasteiger partial charge in [0.05, 0.1) is 18.9 Å². The maximum absolute atomic E-state index is 14.5. The van der Waals surface area contributed by atoms with Crippen LogP contribution in [0.2, 0.25) is 0 Å². The maximum Gasteiger partial charge on any atom is 0.247 e. The Bertz CT molecular complexity index is 1360. The molecule has 1 aliphatic heterocycles. The Hall–Kier alpha value is -4.31. The lowest BCUT2D eigenvalue weighted by Crippen LogP contribution is -2.36. The Morgan fingerprint density at radius 1 is 1.12 bits per heavy atom. The number of anilines is 4. The van der Waals surface area contributed by atoms with Gasteiger partial charge in [0.1, 0.15) is 5.39 Å². The third-order valence-corrected chi connectivity index (χ3v) is 5.44. The molecule has 0 saturated carbocycles. The smallest absolute Gasteiger partial charge is 0.247 e. The van der Waals surface area contributed by atoms with Crippen LogP contribution in [0.3, 0.4) is 0 Å². The van der Waals surface area contributed by atoms with Crippen molar-refractivity contribution in [2.75, 3.05) is 41.8 Å². The van der Waals surface area contributed by atoms with Crippen molar-refractivity contribution in [1.82, 2.24) is 20.2 Å². The number of carbonyl (C=O) groups is 1. The monoisotopic (exact) mass is 459 g/mol. The van der Waals surface area contributed by atoms with Gasteiger partial charge in [-0.2, -0.15) is 9.37 Å². The molecule has 9 nitrogen and oxygen atoms in total. The van der Waals surface area contributed by atoms with Crippen LogP contribution in [-0.2, 0) is 9.53 Å². The molecule has 5 rings (SSSR count). The number of fused-ring (bicyclic) bond motifs is 1. The van der Waals surface area contributed by atoms with Gasteiger partial charge in [-0.25, -0.2) is 4.98 Å². The minimum absolute atomic E-state index is 0.166. The first-order chi connectivity index (χ1) is 16.6. The molecule has 3 heterocycles. The highest BCUT2D eigenvalue weighted by Gasteiger charge is 2.18. The lowest BCUT2D eigenvalue weighted by atomic mass is 10.1. The largest absolute Gasteiger partial charge is 0.378 e. The summed E-state index contributed by atoms with van der Waals surface area (Å²) in [4.78, 5) is 23.0. The van der Waals surface area contributed by atoms with E-state index in [0.717, 1.165) is 24.5 Å². The van der Waals surface area contributed by atoms with Gasteiger partial charge < -0.3 is 20.3 Å². The van der Waals surface area contributed by atoms with Gasteiger partial charge in [0.15, 0.2) is 5.65 Å². The summed E-state index contributed by atoms with van der Waals surface area (Å²) < 4.78 is 20.0. The van der Waals surface area contributed by atoms with Gasteiger partial charge in [0, 0.05) is 35.7 Å². The van der Waals surface area contributed by atoms with Gasteiger partial charge in [0.2, 0.25) is 17.8 Å². The Kier molecular flexibility index (Phi) is 5.88. The van der Waals surface area contributed by atoms with E-state index >= 15 is 0 Å². The number of aromatic nitrogens is 4. The molecule has 1 saturated heterocycles. The molecule has 3 N–H and O–H groups in total. The van der Waals surface area contributed by atoms with Gasteiger partial charge >= 0.3 is 0 Å². The van der Waals surface area contributed by atoms with Crippen LogP contribution in [0.5, 0.6) is 0 Å². The van der Waals surface area contributed by atoms with E-state index in [2.05, 4.69) is 42.3 Å². The molecule has 2 aromatic heterocycles. The summed E-state index contributed by atoms with van der Waals surface area (Å²) in [5.41, 5.74) is 3.59. The number of ether oxygens (including phenoxy) is 1. The minimum atomic E-state index is -0.702. The van der Waals surface area contributed by atoms with E-state index in [9.17, 15) is 9.18 Å². The van der Waals surface area contributed by atoms with Gasteiger partial charge in [0.25, 0.3) is 0 Å². The number of amides is 1. The summed E-state index contributed by atoms with van der Waals surface area (Å²) in [5.74, 6) is -0.765. The quantitative estimate of drug-likeness (QED) is 0.376. The number of nitrogens with one attached hydrogen (secondary N) is 3. The van der Waals surface area contributed by atoms with Crippen molar-refractivity contribution in [2.24, 2.45) is 0 Å². The van der Waals surface area contributed by atoms with Gasteiger partial charge in [-0.3, -0.25) is 9.89 Å². The number of H-pyrrole nitrogens is 1. The number of benzene rings is 2. The molecule has 0 aliphatic carbocycles. The molecule has 10 heteroatoms. The third-order valence-electron chi connectivity index (χ3n) is 5.44. The zero-order valence-corrected chi connectivity index (χ0v) is 18.2. The van der Waals surface area contributed by atoms with Crippen molar-refractivity contribution < 1.29 is 13.9 Å². The van der Waals surface area contributed by atoms with Crippen LogP contribution in [-0.4, -0.2) is 52.4 Å². The van der Waals surface area contributed by atoms with E-state index in [-0.39, 0.29) is 22.9 Å². The fourth-order valence-electron chi connectivity index (χ4n) is 3.83. The number of halogens is 1. The topological polar surface area (TPSA) is 108 Å². The number of hydrogen-bond donors (Lipinski definition) is 3. The zero-order valence-electron chi connectivity index (χ0n) is 18.2.